The lowest BCUT2D eigenvalue weighted by Gasteiger charge is -2.13. The zero-order valence-electron chi connectivity index (χ0n) is 10.2. The summed E-state index contributed by atoms with van der Waals surface area (Å²) in [4.78, 5) is 0. The van der Waals surface area contributed by atoms with E-state index in [1.807, 2.05) is 24.3 Å². The van der Waals surface area contributed by atoms with E-state index in [0.717, 1.165) is 16.1 Å². The number of benzene rings is 2. The number of halogens is 3. The highest BCUT2D eigenvalue weighted by atomic mass is 79.9. The molecule has 2 aromatic carbocycles. The van der Waals surface area contributed by atoms with Crippen LogP contribution in [-0.2, 0) is 12.8 Å². The number of hydrogen-bond acceptors (Lipinski definition) is 1. The van der Waals surface area contributed by atoms with Crippen molar-refractivity contribution in [3.63, 3.8) is 0 Å². The minimum absolute atomic E-state index is 0.181. The van der Waals surface area contributed by atoms with E-state index in [9.17, 15) is 8.78 Å². The molecule has 0 fully saturated rings. The second-order valence-corrected chi connectivity index (χ2v) is 5.39. The summed E-state index contributed by atoms with van der Waals surface area (Å²) in [6, 6.07) is 11.1. The smallest absolute Gasteiger partial charge is 0.126 e. The summed E-state index contributed by atoms with van der Waals surface area (Å²) in [5.41, 5.74) is 7.71. The highest BCUT2D eigenvalue weighted by Crippen LogP contribution is 2.18. The van der Waals surface area contributed by atoms with E-state index < -0.39 is 11.6 Å². The summed E-state index contributed by atoms with van der Waals surface area (Å²) < 4.78 is 27.2. The Morgan fingerprint density at radius 3 is 2.26 bits per heavy atom. The Hall–Kier alpha value is -1.26. The third kappa shape index (κ3) is 4.11. The van der Waals surface area contributed by atoms with Crippen LogP contribution in [0.3, 0.4) is 0 Å². The first kappa shape index (κ1) is 14.2. The van der Waals surface area contributed by atoms with E-state index >= 15 is 0 Å². The van der Waals surface area contributed by atoms with Crippen molar-refractivity contribution in [2.75, 3.05) is 0 Å². The van der Waals surface area contributed by atoms with Gasteiger partial charge in [-0.2, -0.15) is 0 Å². The third-order valence-electron chi connectivity index (χ3n) is 2.86. The fourth-order valence-electron chi connectivity index (χ4n) is 2.05. The molecule has 0 saturated carbocycles. The van der Waals surface area contributed by atoms with Crippen molar-refractivity contribution in [1.29, 1.82) is 0 Å². The minimum atomic E-state index is -0.567. The second-order valence-electron chi connectivity index (χ2n) is 4.54. The van der Waals surface area contributed by atoms with E-state index in [2.05, 4.69) is 15.9 Å². The van der Waals surface area contributed by atoms with Gasteiger partial charge in [-0.3, -0.25) is 0 Å². The maximum atomic E-state index is 13.1. The van der Waals surface area contributed by atoms with E-state index in [1.54, 1.807) is 0 Å². The normalized spacial score (nSPS) is 12.4. The van der Waals surface area contributed by atoms with Gasteiger partial charge in [-0.15, -0.1) is 0 Å². The van der Waals surface area contributed by atoms with Crippen LogP contribution in [0.2, 0.25) is 0 Å². The number of rotatable bonds is 4. The monoisotopic (exact) mass is 325 g/mol. The lowest BCUT2D eigenvalue weighted by Crippen LogP contribution is -2.25. The fourth-order valence-corrected chi connectivity index (χ4v) is 2.50. The van der Waals surface area contributed by atoms with Gasteiger partial charge in [0, 0.05) is 16.6 Å². The van der Waals surface area contributed by atoms with Gasteiger partial charge in [0.15, 0.2) is 0 Å². The van der Waals surface area contributed by atoms with E-state index in [4.69, 9.17) is 5.73 Å². The molecule has 19 heavy (non-hydrogen) atoms. The van der Waals surface area contributed by atoms with Crippen molar-refractivity contribution in [3.05, 3.63) is 69.7 Å². The van der Waals surface area contributed by atoms with Crippen LogP contribution in [0.5, 0.6) is 0 Å². The van der Waals surface area contributed by atoms with Gasteiger partial charge in [0.05, 0.1) is 0 Å². The largest absolute Gasteiger partial charge is 0.327 e. The molecule has 2 N–H and O–H groups in total. The Bertz CT molecular complexity index is 552. The highest BCUT2D eigenvalue weighted by molar-refractivity contribution is 9.10. The van der Waals surface area contributed by atoms with Crippen LogP contribution in [-0.4, -0.2) is 6.04 Å². The molecule has 2 aromatic rings. The first-order chi connectivity index (χ1) is 9.04. The standard InChI is InChI=1S/C15H14BrF2N/c16-15-4-2-1-3-11(15)8-14(19)7-10-5-12(17)9-13(18)6-10/h1-6,9,14H,7-8,19H2. The predicted octanol–water partition coefficient (Wildman–Crippen LogP) is 3.84. The second kappa shape index (κ2) is 6.26. The molecule has 1 nitrogen and oxygen atoms in total. The van der Waals surface area contributed by atoms with E-state index in [0.29, 0.717) is 18.4 Å². The Morgan fingerprint density at radius 2 is 1.63 bits per heavy atom. The molecule has 0 heterocycles. The van der Waals surface area contributed by atoms with Crippen molar-refractivity contribution < 1.29 is 8.78 Å². The Kier molecular flexibility index (Phi) is 4.66. The quantitative estimate of drug-likeness (QED) is 0.908. The maximum absolute atomic E-state index is 13.1. The Morgan fingerprint density at radius 1 is 1.00 bits per heavy atom. The van der Waals surface area contributed by atoms with Crippen LogP contribution in [0.15, 0.2) is 46.9 Å². The molecular weight excluding hydrogens is 312 g/mol. The van der Waals surface area contributed by atoms with Crippen LogP contribution in [0, 0.1) is 11.6 Å². The van der Waals surface area contributed by atoms with Gasteiger partial charge in [0.2, 0.25) is 0 Å². The molecule has 0 saturated heterocycles. The van der Waals surface area contributed by atoms with Crippen LogP contribution in [0.1, 0.15) is 11.1 Å². The molecule has 0 aliphatic carbocycles. The van der Waals surface area contributed by atoms with Gasteiger partial charge in [0.1, 0.15) is 11.6 Å². The average Bonchev–Trinajstić information content (AvgIpc) is 2.30. The fraction of sp³-hybridized carbons (Fsp3) is 0.200. The summed E-state index contributed by atoms with van der Waals surface area (Å²) in [6.07, 6.45) is 1.09. The van der Waals surface area contributed by atoms with E-state index in [-0.39, 0.29) is 6.04 Å². The van der Waals surface area contributed by atoms with Crippen LogP contribution < -0.4 is 5.73 Å². The zero-order valence-corrected chi connectivity index (χ0v) is 11.8. The van der Waals surface area contributed by atoms with Crippen LogP contribution in [0.4, 0.5) is 8.78 Å². The molecule has 2 rings (SSSR count). The molecule has 0 spiro atoms. The molecule has 0 aliphatic rings. The Balaban J connectivity index is 2.05. The first-order valence-electron chi connectivity index (χ1n) is 5.98. The summed E-state index contributed by atoms with van der Waals surface area (Å²) in [7, 11) is 0. The molecule has 4 heteroatoms. The lowest BCUT2D eigenvalue weighted by molar-refractivity contribution is 0.574. The van der Waals surface area contributed by atoms with Crippen molar-refractivity contribution in [2.24, 2.45) is 5.73 Å². The molecule has 1 unspecified atom stereocenters. The van der Waals surface area contributed by atoms with Crippen LogP contribution >= 0.6 is 15.9 Å². The van der Waals surface area contributed by atoms with Gasteiger partial charge in [0.25, 0.3) is 0 Å². The summed E-state index contributed by atoms with van der Waals surface area (Å²) in [5.74, 6) is -1.13. The molecule has 0 radical (unpaired) electrons. The van der Waals surface area contributed by atoms with Gasteiger partial charge < -0.3 is 5.73 Å². The third-order valence-corrected chi connectivity index (χ3v) is 3.63. The van der Waals surface area contributed by atoms with Gasteiger partial charge in [-0.05, 0) is 42.2 Å². The zero-order chi connectivity index (χ0) is 13.8. The molecule has 0 bridgehead atoms. The van der Waals surface area contributed by atoms with Crippen molar-refractivity contribution in [3.8, 4) is 0 Å². The summed E-state index contributed by atoms with van der Waals surface area (Å²) in [6.45, 7) is 0. The molecule has 100 valence electrons. The topological polar surface area (TPSA) is 26.0 Å². The average molecular weight is 326 g/mol. The van der Waals surface area contributed by atoms with E-state index in [1.165, 1.54) is 12.1 Å². The maximum Gasteiger partial charge on any atom is 0.126 e. The van der Waals surface area contributed by atoms with Crippen LogP contribution in [0.25, 0.3) is 0 Å². The van der Waals surface area contributed by atoms with Gasteiger partial charge >= 0.3 is 0 Å². The minimum Gasteiger partial charge on any atom is -0.327 e. The van der Waals surface area contributed by atoms with Gasteiger partial charge in [-0.25, -0.2) is 8.78 Å². The Labute approximate surface area is 119 Å². The number of hydrogen-bond donors (Lipinski definition) is 1. The first-order valence-corrected chi connectivity index (χ1v) is 6.78. The predicted molar refractivity (Wildman–Crippen MR) is 75.9 cm³/mol. The molecule has 0 aromatic heterocycles. The molecule has 0 aliphatic heterocycles. The molecule has 1 atom stereocenters. The van der Waals surface area contributed by atoms with Crippen molar-refractivity contribution in [2.45, 2.75) is 18.9 Å². The van der Waals surface area contributed by atoms with Crippen molar-refractivity contribution in [1.82, 2.24) is 0 Å². The van der Waals surface area contributed by atoms with Gasteiger partial charge in [-0.1, -0.05) is 34.1 Å². The van der Waals surface area contributed by atoms with Crippen molar-refractivity contribution >= 4 is 15.9 Å². The molecule has 0 amide bonds. The SMILES string of the molecule is NC(Cc1cc(F)cc(F)c1)Cc1ccccc1Br. The molecular formula is C15H14BrF2N. The summed E-state index contributed by atoms with van der Waals surface area (Å²) >= 11 is 3.46. The summed E-state index contributed by atoms with van der Waals surface area (Å²) in [5, 5.41) is 0. The lowest BCUT2D eigenvalue weighted by atomic mass is 9.99. The number of nitrogens with two attached hydrogens (primary N) is 1. The highest BCUT2D eigenvalue weighted by Gasteiger charge is 2.09.